The maximum Gasteiger partial charge on any atom is 0.218 e. The largest absolute Gasteiger partial charge is 0.398 e. The van der Waals surface area contributed by atoms with Crippen LogP contribution in [0.15, 0.2) is 24.3 Å². The summed E-state index contributed by atoms with van der Waals surface area (Å²) in [6.07, 6.45) is 5.48. The van der Waals surface area contributed by atoms with Crippen molar-refractivity contribution in [1.82, 2.24) is 4.31 Å². The molecule has 2 rings (SSSR count). The Morgan fingerprint density at radius 1 is 1.24 bits per heavy atom. The number of hydrogen-bond donors (Lipinski definition) is 1. The normalized spacial score (nSPS) is 21.1. The highest BCUT2D eigenvalue weighted by Crippen LogP contribution is 2.25. The number of nitrogens with zero attached hydrogens (tertiary/aromatic N) is 1. The monoisotopic (exact) mass is 310 g/mol. The fraction of sp³-hybridized carbons (Fsp3) is 0.625. The van der Waals surface area contributed by atoms with Crippen molar-refractivity contribution in [1.29, 1.82) is 0 Å². The van der Waals surface area contributed by atoms with E-state index in [9.17, 15) is 8.42 Å². The first-order chi connectivity index (χ1) is 10.0. The van der Waals surface area contributed by atoms with Gasteiger partial charge in [0.25, 0.3) is 0 Å². The molecule has 1 fully saturated rings. The first kappa shape index (κ1) is 16.3. The molecule has 1 aliphatic rings. The predicted octanol–water partition coefficient (Wildman–Crippen LogP) is 3.00. The number of hydrogen-bond acceptors (Lipinski definition) is 3. The summed E-state index contributed by atoms with van der Waals surface area (Å²) in [5.74, 6) is 0.690. The van der Waals surface area contributed by atoms with E-state index in [0.29, 0.717) is 30.3 Å². The minimum Gasteiger partial charge on any atom is -0.398 e. The summed E-state index contributed by atoms with van der Waals surface area (Å²) in [6, 6.07) is 7.21. The van der Waals surface area contributed by atoms with Crippen LogP contribution >= 0.6 is 0 Å². The Bertz CT molecular complexity index is 557. The third-order valence-corrected chi connectivity index (χ3v) is 6.12. The molecule has 0 bridgehead atoms. The Kier molecular flexibility index (Phi) is 5.65. The first-order valence-electron chi connectivity index (χ1n) is 7.84. The topological polar surface area (TPSA) is 63.4 Å². The van der Waals surface area contributed by atoms with Crippen molar-refractivity contribution < 1.29 is 8.42 Å². The smallest absolute Gasteiger partial charge is 0.218 e. The number of nitrogen functional groups attached to an aromatic ring is 1. The fourth-order valence-corrected chi connectivity index (χ4v) is 4.70. The molecule has 118 valence electrons. The van der Waals surface area contributed by atoms with Gasteiger partial charge in [0.1, 0.15) is 0 Å². The summed E-state index contributed by atoms with van der Waals surface area (Å²) in [6.45, 7) is 3.49. The van der Waals surface area contributed by atoms with Crippen molar-refractivity contribution in [2.24, 2.45) is 5.92 Å². The van der Waals surface area contributed by atoms with E-state index in [1.54, 1.807) is 16.4 Å². The third-order valence-electron chi connectivity index (χ3n) is 4.29. The zero-order chi connectivity index (χ0) is 15.3. The lowest BCUT2D eigenvalue weighted by Crippen LogP contribution is -2.33. The molecule has 2 N–H and O–H groups in total. The van der Waals surface area contributed by atoms with Gasteiger partial charge in [-0.2, -0.15) is 0 Å². The van der Waals surface area contributed by atoms with Crippen LogP contribution in [0.2, 0.25) is 0 Å². The van der Waals surface area contributed by atoms with Crippen LogP contribution in [0, 0.1) is 5.92 Å². The van der Waals surface area contributed by atoms with Gasteiger partial charge in [0.15, 0.2) is 0 Å². The number of rotatable bonds is 5. The lowest BCUT2D eigenvalue weighted by Gasteiger charge is -2.20. The van der Waals surface area contributed by atoms with Crippen LogP contribution in [0.1, 0.15) is 44.6 Å². The highest BCUT2D eigenvalue weighted by Gasteiger charge is 2.26. The zero-order valence-corrected chi connectivity index (χ0v) is 13.6. The Labute approximate surface area is 128 Å². The lowest BCUT2D eigenvalue weighted by atomic mass is 9.96. The van der Waals surface area contributed by atoms with Crippen molar-refractivity contribution in [3.05, 3.63) is 29.8 Å². The molecule has 0 amide bonds. The molecule has 0 radical (unpaired) electrons. The molecule has 0 spiro atoms. The molecule has 1 saturated heterocycles. The molecule has 1 unspecified atom stereocenters. The van der Waals surface area contributed by atoms with Crippen LogP contribution in [0.3, 0.4) is 0 Å². The molecule has 21 heavy (non-hydrogen) atoms. The molecule has 1 aromatic rings. The summed E-state index contributed by atoms with van der Waals surface area (Å²) >= 11 is 0. The number of sulfonamides is 1. The van der Waals surface area contributed by atoms with Gasteiger partial charge in [-0.05, 0) is 36.8 Å². The molecule has 1 atom stereocenters. The summed E-state index contributed by atoms with van der Waals surface area (Å²) in [5, 5.41) is 0. The second kappa shape index (κ2) is 7.27. The molecule has 0 aliphatic carbocycles. The Balaban J connectivity index is 2.04. The second-order valence-electron chi connectivity index (χ2n) is 5.94. The summed E-state index contributed by atoms with van der Waals surface area (Å²) < 4.78 is 26.9. The van der Waals surface area contributed by atoms with Crippen LogP contribution in [0.4, 0.5) is 5.69 Å². The van der Waals surface area contributed by atoms with E-state index in [0.717, 1.165) is 19.3 Å². The number of benzene rings is 1. The average molecular weight is 310 g/mol. The van der Waals surface area contributed by atoms with Gasteiger partial charge in [0.2, 0.25) is 10.0 Å². The summed E-state index contributed by atoms with van der Waals surface area (Å²) in [7, 11) is -3.27. The minimum atomic E-state index is -3.27. The van der Waals surface area contributed by atoms with Gasteiger partial charge in [-0.3, -0.25) is 0 Å². The van der Waals surface area contributed by atoms with Gasteiger partial charge in [-0.25, -0.2) is 12.7 Å². The number of para-hydroxylation sites is 1. The Hall–Kier alpha value is -1.07. The van der Waals surface area contributed by atoms with Crippen LogP contribution < -0.4 is 5.73 Å². The molecular weight excluding hydrogens is 284 g/mol. The third kappa shape index (κ3) is 4.45. The van der Waals surface area contributed by atoms with Crippen LogP contribution in [-0.4, -0.2) is 25.8 Å². The molecule has 5 heteroatoms. The second-order valence-corrected chi connectivity index (χ2v) is 7.91. The van der Waals surface area contributed by atoms with E-state index in [-0.39, 0.29) is 5.75 Å². The van der Waals surface area contributed by atoms with Gasteiger partial charge in [-0.1, -0.05) is 38.0 Å². The van der Waals surface area contributed by atoms with Crippen LogP contribution in [-0.2, 0) is 15.8 Å². The first-order valence-corrected chi connectivity index (χ1v) is 9.45. The van der Waals surface area contributed by atoms with Gasteiger partial charge in [0.05, 0.1) is 5.75 Å². The zero-order valence-electron chi connectivity index (χ0n) is 12.8. The molecule has 0 aromatic heterocycles. The standard InChI is InChI=1S/C16H26N2O2S/c1-2-6-14-7-5-11-18(12-10-14)21(19,20)13-15-8-3-4-9-16(15)17/h3-4,8-9,14H,2,5-7,10-13,17H2,1H3. The van der Waals surface area contributed by atoms with Gasteiger partial charge in [-0.15, -0.1) is 0 Å². The van der Waals surface area contributed by atoms with Crippen molar-refractivity contribution >= 4 is 15.7 Å². The Morgan fingerprint density at radius 2 is 2.00 bits per heavy atom. The van der Waals surface area contributed by atoms with E-state index in [2.05, 4.69) is 6.92 Å². The average Bonchev–Trinajstić information content (AvgIpc) is 2.68. The van der Waals surface area contributed by atoms with Crippen molar-refractivity contribution in [2.75, 3.05) is 18.8 Å². The number of anilines is 1. The SMILES string of the molecule is CCCC1CCCN(S(=O)(=O)Cc2ccccc2N)CC1. The van der Waals surface area contributed by atoms with Crippen LogP contribution in [0.5, 0.6) is 0 Å². The summed E-state index contributed by atoms with van der Waals surface area (Å²) in [5.41, 5.74) is 7.12. The van der Waals surface area contributed by atoms with Crippen LogP contribution in [0.25, 0.3) is 0 Å². The van der Waals surface area contributed by atoms with Gasteiger partial charge in [0, 0.05) is 18.8 Å². The molecular formula is C16H26N2O2S. The van der Waals surface area contributed by atoms with E-state index in [4.69, 9.17) is 5.73 Å². The van der Waals surface area contributed by atoms with Crippen molar-refractivity contribution in [3.63, 3.8) is 0 Å². The summed E-state index contributed by atoms with van der Waals surface area (Å²) in [4.78, 5) is 0. The van der Waals surface area contributed by atoms with E-state index in [1.165, 1.54) is 12.8 Å². The molecule has 1 aliphatic heterocycles. The van der Waals surface area contributed by atoms with E-state index >= 15 is 0 Å². The maximum atomic E-state index is 12.6. The molecule has 1 aromatic carbocycles. The molecule has 4 nitrogen and oxygen atoms in total. The fourth-order valence-electron chi connectivity index (χ4n) is 3.07. The molecule has 1 heterocycles. The van der Waals surface area contributed by atoms with Crippen molar-refractivity contribution in [2.45, 2.75) is 44.8 Å². The highest BCUT2D eigenvalue weighted by molar-refractivity contribution is 7.88. The van der Waals surface area contributed by atoms with E-state index in [1.807, 2.05) is 12.1 Å². The van der Waals surface area contributed by atoms with Gasteiger partial charge < -0.3 is 5.73 Å². The quantitative estimate of drug-likeness (QED) is 0.850. The molecule has 0 saturated carbocycles. The Morgan fingerprint density at radius 3 is 2.71 bits per heavy atom. The lowest BCUT2D eigenvalue weighted by molar-refractivity contribution is 0.399. The van der Waals surface area contributed by atoms with Gasteiger partial charge >= 0.3 is 0 Å². The predicted molar refractivity (Wildman–Crippen MR) is 87.3 cm³/mol. The maximum absolute atomic E-state index is 12.6. The minimum absolute atomic E-state index is 0.0120. The number of nitrogens with two attached hydrogens (primary N) is 1. The highest BCUT2D eigenvalue weighted by atomic mass is 32.2. The van der Waals surface area contributed by atoms with Crippen molar-refractivity contribution in [3.8, 4) is 0 Å². The van der Waals surface area contributed by atoms with E-state index < -0.39 is 10.0 Å².